The van der Waals surface area contributed by atoms with Gasteiger partial charge in [0.25, 0.3) is 0 Å². The molecule has 30 heavy (non-hydrogen) atoms. The van der Waals surface area contributed by atoms with Crippen LogP contribution in [0.1, 0.15) is 24.2 Å². The Bertz CT molecular complexity index is 996. The van der Waals surface area contributed by atoms with Gasteiger partial charge in [-0.3, -0.25) is 4.79 Å². The minimum Gasteiger partial charge on any atom is -0.479 e. The van der Waals surface area contributed by atoms with Gasteiger partial charge in [-0.1, -0.05) is 0 Å². The van der Waals surface area contributed by atoms with Gasteiger partial charge in [0, 0.05) is 44.3 Å². The number of likely N-dealkylation sites (N-methyl/N-ethyl adjacent to an activating group) is 1. The predicted molar refractivity (Wildman–Crippen MR) is 110 cm³/mol. The van der Waals surface area contributed by atoms with Crippen molar-refractivity contribution < 1.29 is 29.3 Å². The zero-order chi connectivity index (χ0) is 22.6. The SMILES string of the molecule is CC(O)C(=O)O.CCn1cc(C(=O)O)c(=O)c2cc(F)c(N3CCN(C)CC3)cc21. The number of hydrogen-bond donors (Lipinski definition) is 3. The molecule has 0 aliphatic carbocycles. The van der Waals surface area contributed by atoms with Crippen LogP contribution in [0.25, 0.3) is 10.9 Å². The van der Waals surface area contributed by atoms with Gasteiger partial charge >= 0.3 is 11.9 Å². The molecule has 164 valence electrons. The van der Waals surface area contributed by atoms with E-state index in [9.17, 15) is 23.9 Å². The summed E-state index contributed by atoms with van der Waals surface area (Å²) in [7, 11) is 2.02. The van der Waals surface area contributed by atoms with Crippen LogP contribution in [-0.4, -0.2) is 76.1 Å². The third-order valence-electron chi connectivity index (χ3n) is 4.92. The van der Waals surface area contributed by atoms with E-state index in [0.717, 1.165) is 13.1 Å². The van der Waals surface area contributed by atoms with Crippen molar-refractivity contribution in [2.75, 3.05) is 38.1 Å². The molecule has 1 atom stereocenters. The fourth-order valence-corrected chi connectivity index (χ4v) is 3.10. The van der Waals surface area contributed by atoms with Crippen LogP contribution in [0.4, 0.5) is 10.1 Å². The van der Waals surface area contributed by atoms with Crippen LogP contribution in [0.2, 0.25) is 0 Å². The van der Waals surface area contributed by atoms with E-state index >= 15 is 0 Å². The number of hydrogen-bond acceptors (Lipinski definition) is 6. The number of carbonyl (C=O) groups is 2. The molecule has 9 nitrogen and oxygen atoms in total. The van der Waals surface area contributed by atoms with Crippen molar-refractivity contribution in [1.29, 1.82) is 0 Å². The summed E-state index contributed by atoms with van der Waals surface area (Å²) in [6.45, 7) is 6.65. The number of aryl methyl sites for hydroxylation is 1. The van der Waals surface area contributed by atoms with E-state index in [4.69, 9.17) is 10.2 Å². The first kappa shape index (κ1) is 23.3. The molecule has 3 rings (SSSR count). The average Bonchev–Trinajstić information content (AvgIpc) is 2.69. The summed E-state index contributed by atoms with van der Waals surface area (Å²) in [5.74, 6) is -2.98. The lowest BCUT2D eigenvalue weighted by atomic mass is 10.1. The first-order chi connectivity index (χ1) is 14.1. The summed E-state index contributed by atoms with van der Waals surface area (Å²) in [5, 5.41) is 25.1. The molecule has 0 radical (unpaired) electrons. The van der Waals surface area contributed by atoms with Crippen LogP contribution in [0.3, 0.4) is 0 Å². The van der Waals surface area contributed by atoms with Crippen molar-refractivity contribution in [2.24, 2.45) is 0 Å². The van der Waals surface area contributed by atoms with Gasteiger partial charge in [-0.15, -0.1) is 0 Å². The second kappa shape index (κ2) is 9.68. The predicted octanol–water partition coefficient (Wildman–Crippen LogP) is 1.06. The molecule has 1 aromatic carbocycles. The van der Waals surface area contributed by atoms with Crippen LogP contribution in [-0.2, 0) is 11.3 Å². The number of halogens is 1. The number of benzene rings is 1. The third kappa shape index (κ3) is 5.14. The lowest BCUT2D eigenvalue weighted by molar-refractivity contribution is -0.145. The average molecular weight is 423 g/mol. The van der Waals surface area contributed by atoms with Crippen molar-refractivity contribution in [1.82, 2.24) is 9.47 Å². The second-order valence-electron chi connectivity index (χ2n) is 7.09. The standard InChI is InChI=1S/C17H20FN3O3.C3H6O3/c1-3-20-10-12(17(23)24)16(22)11-8-13(18)15(9-14(11)20)21-6-4-19(2)5-7-21;1-2(4)3(5)6/h8-10H,3-7H2,1-2H3,(H,23,24);2,4H,1H3,(H,5,6). The van der Waals surface area contributed by atoms with Gasteiger partial charge < -0.3 is 29.7 Å². The van der Waals surface area contributed by atoms with Crippen LogP contribution < -0.4 is 10.3 Å². The highest BCUT2D eigenvalue weighted by Gasteiger charge is 2.21. The van der Waals surface area contributed by atoms with Crippen LogP contribution in [0.5, 0.6) is 0 Å². The van der Waals surface area contributed by atoms with E-state index in [-0.39, 0.29) is 10.9 Å². The van der Waals surface area contributed by atoms with Gasteiger partial charge in [-0.05, 0) is 33.0 Å². The molecule has 1 aliphatic rings. The second-order valence-corrected chi connectivity index (χ2v) is 7.09. The molecule has 3 N–H and O–H groups in total. The number of aromatic carboxylic acids is 1. The molecule has 0 spiro atoms. The molecule has 0 saturated carbocycles. The Kier molecular flexibility index (Phi) is 7.52. The number of aromatic nitrogens is 1. The highest BCUT2D eigenvalue weighted by Crippen LogP contribution is 2.26. The molecule has 2 aromatic rings. The summed E-state index contributed by atoms with van der Waals surface area (Å²) in [6, 6.07) is 2.83. The Hall–Kier alpha value is -2.98. The van der Waals surface area contributed by atoms with Crippen molar-refractivity contribution in [3.63, 3.8) is 0 Å². The number of carboxylic acid groups (broad SMARTS) is 2. The molecule has 0 amide bonds. The van der Waals surface area contributed by atoms with Crippen LogP contribution >= 0.6 is 0 Å². The third-order valence-corrected chi connectivity index (χ3v) is 4.92. The fraction of sp³-hybridized carbons (Fsp3) is 0.450. The van der Waals surface area contributed by atoms with E-state index in [1.54, 1.807) is 10.6 Å². The lowest BCUT2D eigenvalue weighted by Gasteiger charge is -2.34. The molecular formula is C20H26FN3O6. The van der Waals surface area contributed by atoms with Crippen LogP contribution in [0, 0.1) is 5.82 Å². The lowest BCUT2D eigenvalue weighted by Crippen LogP contribution is -2.44. The molecule has 1 unspecified atom stereocenters. The van der Waals surface area contributed by atoms with Crippen molar-refractivity contribution >= 4 is 28.5 Å². The Morgan fingerprint density at radius 2 is 1.73 bits per heavy atom. The number of pyridine rings is 1. The van der Waals surface area contributed by atoms with Gasteiger partial charge in [0.2, 0.25) is 5.43 Å². The number of aliphatic hydroxyl groups excluding tert-OH is 1. The molecule has 0 bridgehead atoms. The highest BCUT2D eigenvalue weighted by atomic mass is 19.1. The molecule has 1 aliphatic heterocycles. The summed E-state index contributed by atoms with van der Waals surface area (Å²) in [4.78, 5) is 37.2. The molecule has 10 heteroatoms. The smallest absolute Gasteiger partial charge is 0.341 e. The number of nitrogens with zero attached hydrogens (tertiary/aromatic N) is 3. The largest absolute Gasteiger partial charge is 0.479 e. The number of aliphatic hydroxyl groups is 1. The van der Waals surface area contributed by atoms with Crippen LogP contribution in [0.15, 0.2) is 23.1 Å². The summed E-state index contributed by atoms with van der Waals surface area (Å²) in [5.41, 5.74) is 0.0326. The zero-order valence-electron chi connectivity index (χ0n) is 17.1. The maximum Gasteiger partial charge on any atom is 0.341 e. The number of rotatable bonds is 4. The van der Waals surface area contributed by atoms with Gasteiger partial charge in [-0.25, -0.2) is 14.0 Å². The van der Waals surface area contributed by atoms with Gasteiger partial charge in [0.15, 0.2) is 0 Å². The van der Waals surface area contributed by atoms with E-state index in [1.807, 2.05) is 18.9 Å². The number of carboxylic acids is 2. The number of anilines is 1. The zero-order valence-corrected chi connectivity index (χ0v) is 17.1. The van der Waals surface area contributed by atoms with Crippen molar-refractivity contribution in [3.8, 4) is 0 Å². The number of fused-ring (bicyclic) bond motifs is 1. The number of aliphatic carboxylic acids is 1. The van der Waals surface area contributed by atoms with Gasteiger partial charge in [-0.2, -0.15) is 0 Å². The van der Waals surface area contributed by atoms with E-state index in [0.29, 0.717) is 30.8 Å². The quantitative estimate of drug-likeness (QED) is 0.667. The molecule has 2 heterocycles. The summed E-state index contributed by atoms with van der Waals surface area (Å²) < 4.78 is 16.3. The van der Waals surface area contributed by atoms with E-state index < -0.39 is 29.3 Å². The van der Waals surface area contributed by atoms with E-state index in [1.165, 1.54) is 19.2 Å². The maximum atomic E-state index is 14.6. The normalized spacial score (nSPS) is 15.4. The summed E-state index contributed by atoms with van der Waals surface area (Å²) in [6.07, 6.45) is 0.101. The maximum absolute atomic E-state index is 14.6. The molecule has 1 fully saturated rings. The molecule has 1 aromatic heterocycles. The van der Waals surface area contributed by atoms with E-state index in [2.05, 4.69) is 4.90 Å². The Morgan fingerprint density at radius 1 is 1.17 bits per heavy atom. The van der Waals surface area contributed by atoms with Gasteiger partial charge in [0.1, 0.15) is 17.5 Å². The first-order valence-electron chi connectivity index (χ1n) is 9.51. The monoisotopic (exact) mass is 423 g/mol. The Labute approximate surface area is 172 Å². The fourth-order valence-electron chi connectivity index (χ4n) is 3.10. The minimum absolute atomic E-state index is 0.104. The van der Waals surface area contributed by atoms with Crippen molar-refractivity contribution in [2.45, 2.75) is 26.5 Å². The minimum atomic E-state index is -1.30. The number of piperazine rings is 1. The topological polar surface area (TPSA) is 123 Å². The highest BCUT2D eigenvalue weighted by molar-refractivity contribution is 5.93. The van der Waals surface area contributed by atoms with Gasteiger partial charge in [0.05, 0.1) is 11.2 Å². The molecular weight excluding hydrogens is 397 g/mol. The Balaban J connectivity index is 0.000000469. The Morgan fingerprint density at radius 3 is 2.20 bits per heavy atom. The van der Waals surface area contributed by atoms with Crippen molar-refractivity contribution in [3.05, 3.63) is 39.9 Å². The summed E-state index contributed by atoms with van der Waals surface area (Å²) >= 11 is 0. The first-order valence-corrected chi connectivity index (χ1v) is 9.51. The molecule has 1 saturated heterocycles.